The normalized spacial score (nSPS) is 11.1. The fourth-order valence-electron chi connectivity index (χ4n) is 8.87. The summed E-state index contributed by atoms with van der Waals surface area (Å²) in [7, 11) is 0. The van der Waals surface area contributed by atoms with Crippen LogP contribution in [0.15, 0.2) is 267 Å². The molecule has 0 aliphatic heterocycles. The van der Waals surface area contributed by atoms with Gasteiger partial charge in [0.2, 0.25) is 0 Å². The Morgan fingerprint density at radius 3 is 0.812 bits per heavy atom. The van der Waals surface area contributed by atoms with Gasteiger partial charge < -0.3 is 9.80 Å². The summed E-state index contributed by atoms with van der Waals surface area (Å²) in [6.45, 7) is 0. The molecule has 2 nitrogen and oxygen atoms in total. The average molecular weight is 817 g/mol. The molecule has 11 rings (SSSR count). The number of rotatable bonds is 10. The SMILES string of the molecule is c1ccc(N(c2ccc(-c3ccc(-c4cccc(-c5ccc(-c6ccc(N(c7ccccc7)c7ccc8ccccc8c7)cc6)cc5)c4)cc3)cc2)c2ccc3ccccc3c2)cc1. The number of benzene rings is 11. The van der Waals surface area contributed by atoms with Gasteiger partial charge in [-0.1, -0.05) is 188 Å². The average Bonchev–Trinajstić information content (AvgIpc) is 3.38. The molecule has 0 radical (unpaired) electrons. The maximum atomic E-state index is 2.32. The molecule has 2 heteroatoms. The summed E-state index contributed by atoms with van der Waals surface area (Å²) in [6.07, 6.45) is 0. The van der Waals surface area contributed by atoms with Gasteiger partial charge in [-0.15, -0.1) is 0 Å². The Hall–Kier alpha value is -8.46. The van der Waals surface area contributed by atoms with Gasteiger partial charge in [0.05, 0.1) is 0 Å². The van der Waals surface area contributed by atoms with E-state index in [1.807, 2.05) is 0 Å². The molecular weight excluding hydrogens is 773 g/mol. The highest BCUT2D eigenvalue weighted by Crippen LogP contribution is 2.39. The lowest BCUT2D eigenvalue weighted by Gasteiger charge is -2.26. The van der Waals surface area contributed by atoms with Crippen LogP contribution in [-0.2, 0) is 0 Å². The standard InChI is InChI=1S/C62H44N2/c1-3-18-57(19-4-1)63(61-40-34-45-12-7-9-14-55(45)43-61)59-36-30-49(31-37-59)47-22-26-51(27-23-47)53-16-11-17-54(42-53)52-28-24-48(25-29-52)50-32-38-60(39-33-50)64(58-20-5-2-6-21-58)62-41-35-46-13-8-10-15-56(46)44-62/h1-44H. The summed E-state index contributed by atoms with van der Waals surface area (Å²) in [5.74, 6) is 0. The molecule has 0 unspecified atom stereocenters. The number of anilines is 6. The first-order valence-electron chi connectivity index (χ1n) is 21.9. The van der Waals surface area contributed by atoms with E-state index in [1.165, 1.54) is 66.1 Å². The monoisotopic (exact) mass is 816 g/mol. The van der Waals surface area contributed by atoms with Crippen LogP contribution in [0.3, 0.4) is 0 Å². The Labute approximate surface area is 375 Å². The van der Waals surface area contributed by atoms with E-state index < -0.39 is 0 Å². The third-order valence-corrected chi connectivity index (χ3v) is 12.2. The lowest BCUT2D eigenvalue weighted by molar-refractivity contribution is 1.29. The molecule has 11 aromatic rings. The van der Waals surface area contributed by atoms with Crippen LogP contribution in [0.5, 0.6) is 0 Å². The second kappa shape index (κ2) is 17.1. The first-order valence-corrected chi connectivity index (χ1v) is 21.9. The Morgan fingerprint density at radius 2 is 0.438 bits per heavy atom. The molecule has 0 aliphatic carbocycles. The fourth-order valence-corrected chi connectivity index (χ4v) is 8.87. The van der Waals surface area contributed by atoms with Gasteiger partial charge in [0.15, 0.2) is 0 Å². The lowest BCUT2D eigenvalue weighted by atomic mass is 9.96. The number of hydrogen-bond acceptors (Lipinski definition) is 2. The Morgan fingerprint density at radius 1 is 0.156 bits per heavy atom. The van der Waals surface area contributed by atoms with Crippen LogP contribution in [0, 0.1) is 0 Å². The van der Waals surface area contributed by atoms with Crippen molar-refractivity contribution in [2.45, 2.75) is 0 Å². The zero-order valence-corrected chi connectivity index (χ0v) is 35.3. The zero-order valence-electron chi connectivity index (χ0n) is 35.3. The predicted molar refractivity (Wildman–Crippen MR) is 273 cm³/mol. The van der Waals surface area contributed by atoms with E-state index in [-0.39, 0.29) is 0 Å². The van der Waals surface area contributed by atoms with Crippen LogP contribution in [0.1, 0.15) is 0 Å². The zero-order chi connectivity index (χ0) is 42.7. The molecule has 11 aromatic carbocycles. The van der Waals surface area contributed by atoms with Crippen LogP contribution in [-0.4, -0.2) is 0 Å². The molecule has 0 N–H and O–H groups in total. The van der Waals surface area contributed by atoms with E-state index in [0.29, 0.717) is 0 Å². The lowest BCUT2D eigenvalue weighted by Crippen LogP contribution is -2.09. The molecule has 0 fully saturated rings. The van der Waals surface area contributed by atoms with E-state index in [2.05, 4.69) is 277 Å². The number of hydrogen-bond donors (Lipinski definition) is 0. The molecule has 0 amide bonds. The largest absolute Gasteiger partial charge is 0.310 e. The third kappa shape index (κ3) is 7.81. The second-order valence-corrected chi connectivity index (χ2v) is 16.2. The first kappa shape index (κ1) is 38.5. The molecule has 0 spiro atoms. The van der Waals surface area contributed by atoms with Gasteiger partial charge in [-0.2, -0.15) is 0 Å². The van der Waals surface area contributed by atoms with Gasteiger partial charge in [0.1, 0.15) is 0 Å². The fraction of sp³-hybridized carbons (Fsp3) is 0. The number of nitrogens with zero attached hydrogens (tertiary/aromatic N) is 2. The van der Waals surface area contributed by atoms with Gasteiger partial charge in [0, 0.05) is 34.1 Å². The smallest absolute Gasteiger partial charge is 0.0468 e. The van der Waals surface area contributed by atoms with Crippen molar-refractivity contribution in [1.82, 2.24) is 0 Å². The van der Waals surface area contributed by atoms with E-state index >= 15 is 0 Å². The molecule has 0 heterocycles. The van der Waals surface area contributed by atoms with Crippen molar-refractivity contribution in [3.8, 4) is 44.5 Å². The second-order valence-electron chi connectivity index (χ2n) is 16.2. The highest BCUT2D eigenvalue weighted by Gasteiger charge is 2.15. The maximum absolute atomic E-state index is 2.32. The molecule has 302 valence electrons. The Balaban J connectivity index is 0.804. The van der Waals surface area contributed by atoms with Crippen LogP contribution in [0.4, 0.5) is 34.1 Å². The van der Waals surface area contributed by atoms with Gasteiger partial charge in [0.25, 0.3) is 0 Å². The van der Waals surface area contributed by atoms with Crippen molar-refractivity contribution in [3.63, 3.8) is 0 Å². The van der Waals surface area contributed by atoms with Crippen LogP contribution in [0.25, 0.3) is 66.1 Å². The molecule has 0 saturated heterocycles. The van der Waals surface area contributed by atoms with Gasteiger partial charge >= 0.3 is 0 Å². The Bertz CT molecular complexity index is 3120. The molecule has 0 aliphatic rings. The van der Waals surface area contributed by atoms with Gasteiger partial charge in [-0.25, -0.2) is 0 Å². The number of fused-ring (bicyclic) bond motifs is 2. The van der Waals surface area contributed by atoms with Crippen molar-refractivity contribution >= 4 is 55.7 Å². The van der Waals surface area contributed by atoms with Crippen LogP contribution in [0.2, 0.25) is 0 Å². The Kier molecular flexibility index (Phi) is 10.3. The minimum absolute atomic E-state index is 1.12. The van der Waals surface area contributed by atoms with Crippen molar-refractivity contribution in [3.05, 3.63) is 267 Å². The minimum atomic E-state index is 1.12. The van der Waals surface area contributed by atoms with Crippen molar-refractivity contribution in [2.24, 2.45) is 0 Å². The molecule has 0 bridgehead atoms. The maximum Gasteiger partial charge on any atom is 0.0468 e. The quantitative estimate of drug-likeness (QED) is 0.136. The summed E-state index contributed by atoms with van der Waals surface area (Å²) in [6, 6.07) is 96.1. The first-order chi connectivity index (χ1) is 31.7. The van der Waals surface area contributed by atoms with Crippen molar-refractivity contribution in [2.75, 3.05) is 9.80 Å². The molecular formula is C62H44N2. The van der Waals surface area contributed by atoms with E-state index in [9.17, 15) is 0 Å². The van der Waals surface area contributed by atoms with E-state index in [4.69, 9.17) is 0 Å². The molecule has 0 atom stereocenters. The summed E-state index contributed by atoms with van der Waals surface area (Å²) in [5, 5.41) is 4.93. The van der Waals surface area contributed by atoms with Crippen LogP contribution >= 0.6 is 0 Å². The summed E-state index contributed by atoms with van der Waals surface area (Å²) >= 11 is 0. The number of para-hydroxylation sites is 2. The summed E-state index contributed by atoms with van der Waals surface area (Å²) in [5.41, 5.74) is 16.3. The topological polar surface area (TPSA) is 6.48 Å². The van der Waals surface area contributed by atoms with Gasteiger partial charge in [-0.05, 0) is 145 Å². The predicted octanol–water partition coefficient (Wildman–Crippen LogP) is 17.6. The summed E-state index contributed by atoms with van der Waals surface area (Å²) < 4.78 is 0. The minimum Gasteiger partial charge on any atom is -0.310 e. The molecule has 0 aromatic heterocycles. The van der Waals surface area contributed by atoms with Crippen molar-refractivity contribution < 1.29 is 0 Å². The highest BCUT2D eigenvalue weighted by atomic mass is 15.1. The molecule has 0 saturated carbocycles. The third-order valence-electron chi connectivity index (χ3n) is 12.2. The summed E-state index contributed by atoms with van der Waals surface area (Å²) in [4.78, 5) is 4.65. The van der Waals surface area contributed by atoms with E-state index in [1.54, 1.807) is 0 Å². The van der Waals surface area contributed by atoms with Crippen molar-refractivity contribution in [1.29, 1.82) is 0 Å². The highest BCUT2D eigenvalue weighted by molar-refractivity contribution is 5.91. The van der Waals surface area contributed by atoms with Gasteiger partial charge in [-0.3, -0.25) is 0 Å². The molecule has 64 heavy (non-hydrogen) atoms. The van der Waals surface area contributed by atoms with E-state index in [0.717, 1.165) is 34.1 Å². The van der Waals surface area contributed by atoms with Crippen LogP contribution < -0.4 is 9.80 Å².